The molecular weight excluding hydrogens is 156 g/mol. The first-order valence-corrected chi connectivity index (χ1v) is 2.94. The average Bonchev–Trinajstić information content (AvgIpc) is 1.82. The van der Waals surface area contributed by atoms with Gasteiger partial charge in [-0.15, -0.1) is 0 Å². The Morgan fingerprint density at radius 1 is 1.70 bits per heavy atom. The molecule has 0 spiro atoms. The van der Waals surface area contributed by atoms with E-state index in [9.17, 15) is 4.79 Å². The number of halogens is 1. The molecule has 0 saturated heterocycles. The molecule has 10 heavy (non-hydrogen) atoms. The van der Waals surface area contributed by atoms with Gasteiger partial charge in [0.2, 0.25) is 11.2 Å². The van der Waals surface area contributed by atoms with Crippen LogP contribution in [0.25, 0.3) is 0 Å². The van der Waals surface area contributed by atoms with E-state index in [0.717, 1.165) is 0 Å². The van der Waals surface area contributed by atoms with Gasteiger partial charge in [0.1, 0.15) is 0 Å². The molecule has 0 unspecified atom stereocenters. The van der Waals surface area contributed by atoms with Gasteiger partial charge in [0.05, 0.1) is 5.56 Å². The zero-order valence-corrected chi connectivity index (χ0v) is 5.94. The van der Waals surface area contributed by atoms with Crippen molar-refractivity contribution in [1.29, 1.82) is 0 Å². The molecule has 2 N–H and O–H groups in total. The molecular formula is C5H5ClN2O2. The van der Waals surface area contributed by atoms with Crippen molar-refractivity contribution in [2.75, 3.05) is 0 Å². The van der Waals surface area contributed by atoms with Crippen LogP contribution in [-0.2, 0) is 0 Å². The van der Waals surface area contributed by atoms with Crippen molar-refractivity contribution >= 4 is 11.6 Å². The number of hydrogen-bond acceptors (Lipinski definition) is 3. The van der Waals surface area contributed by atoms with Gasteiger partial charge in [0.15, 0.2) is 0 Å². The summed E-state index contributed by atoms with van der Waals surface area (Å²) in [6, 6.07) is 0. The van der Waals surface area contributed by atoms with Gasteiger partial charge in [-0.25, -0.2) is 0 Å². The topological polar surface area (TPSA) is 66.0 Å². The summed E-state index contributed by atoms with van der Waals surface area (Å²) in [6.45, 7) is 1.46. The Morgan fingerprint density at radius 2 is 2.30 bits per heavy atom. The van der Waals surface area contributed by atoms with Crippen LogP contribution in [0.5, 0.6) is 5.88 Å². The maximum absolute atomic E-state index is 10.7. The van der Waals surface area contributed by atoms with Gasteiger partial charge in [0.25, 0.3) is 5.56 Å². The summed E-state index contributed by atoms with van der Waals surface area (Å²) in [6.07, 6.45) is 0. The number of aromatic hydroxyl groups is 1. The lowest BCUT2D eigenvalue weighted by Gasteiger charge is -1.94. The van der Waals surface area contributed by atoms with Gasteiger partial charge in [-0.1, -0.05) is 0 Å². The third-order valence-electron chi connectivity index (χ3n) is 1.10. The third-order valence-corrected chi connectivity index (χ3v) is 1.28. The zero-order chi connectivity index (χ0) is 7.72. The third kappa shape index (κ3) is 1.11. The van der Waals surface area contributed by atoms with Gasteiger partial charge in [-0.2, -0.15) is 4.98 Å². The predicted molar refractivity (Wildman–Crippen MR) is 36.3 cm³/mol. The number of H-pyrrole nitrogens is 1. The van der Waals surface area contributed by atoms with Crippen LogP contribution in [0, 0.1) is 6.92 Å². The number of aromatic amines is 1. The summed E-state index contributed by atoms with van der Waals surface area (Å²) in [5.41, 5.74) is -0.248. The molecule has 1 heterocycles. The molecule has 0 aliphatic heterocycles. The van der Waals surface area contributed by atoms with Crippen LogP contribution < -0.4 is 5.56 Å². The maximum atomic E-state index is 10.7. The first kappa shape index (κ1) is 7.08. The van der Waals surface area contributed by atoms with Crippen molar-refractivity contribution in [3.05, 3.63) is 21.2 Å². The second kappa shape index (κ2) is 2.30. The van der Waals surface area contributed by atoms with Crippen LogP contribution in [0.3, 0.4) is 0 Å². The molecule has 0 radical (unpaired) electrons. The molecule has 54 valence electrons. The number of hydrogen-bond donors (Lipinski definition) is 2. The quantitative estimate of drug-likeness (QED) is 0.541. The van der Waals surface area contributed by atoms with Crippen molar-refractivity contribution in [2.24, 2.45) is 0 Å². The van der Waals surface area contributed by atoms with Crippen LogP contribution in [0.1, 0.15) is 5.56 Å². The van der Waals surface area contributed by atoms with Crippen molar-refractivity contribution in [2.45, 2.75) is 6.92 Å². The first-order valence-electron chi connectivity index (χ1n) is 2.56. The summed E-state index contributed by atoms with van der Waals surface area (Å²) < 4.78 is 0. The van der Waals surface area contributed by atoms with Crippen molar-refractivity contribution in [3.8, 4) is 5.88 Å². The minimum atomic E-state index is -0.419. The van der Waals surface area contributed by atoms with E-state index in [2.05, 4.69) is 9.97 Å². The van der Waals surface area contributed by atoms with E-state index in [4.69, 9.17) is 16.7 Å². The van der Waals surface area contributed by atoms with Gasteiger partial charge in [0, 0.05) is 0 Å². The molecule has 0 bridgehead atoms. The van der Waals surface area contributed by atoms with Crippen LogP contribution >= 0.6 is 11.6 Å². The summed E-state index contributed by atoms with van der Waals surface area (Å²) >= 11 is 5.30. The summed E-state index contributed by atoms with van der Waals surface area (Å²) in [5.74, 6) is -0.325. The van der Waals surface area contributed by atoms with Gasteiger partial charge in [-0.05, 0) is 18.5 Å². The highest BCUT2D eigenvalue weighted by molar-refractivity contribution is 6.28. The van der Waals surface area contributed by atoms with E-state index in [-0.39, 0.29) is 16.7 Å². The smallest absolute Gasteiger partial charge is 0.258 e. The first-order chi connectivity index (χ1) is 4.61. The van der Waals surface area contributed by atoms with Crippen molar-refractivity contribution in [3.63, 3.8) is 0 Å². The lowest BCUT2D eigenvalue weighted by atomic mass is 10.4. The second-order valence-electron chi connectivity index (χ2n) is 1.81. The normalized spacial score (nSPS) is 9.80. The fraction of sp³-hybridized carbons (Fsp3) is 0.200. The lowest BCUT2D eigenvalue weighted by molar-refractivity contribution is 0.446. The molecule has 0 aromatic carbocycles. The standard InChI is InChI=1S/C5H5ClN2O2/c1-2-3(9)7-5(6)8-4(2)10/h1H3,(H2,7,8,9,10). The monoisotopic (exact) mass is 160 g/mol. The molecule has 0 fully saturated rings. The molecule has 4 nitrogen and oxygen atoms in total. The number of aromatic nitrogens is 2. The molecule has 1 rings (SSSR count). The Labute approximate surface area is 61.5 Å². The molecule has 1 aromatic heterocycles. The number of nitrogens with one attached hydrogen (secondary N) is 1. The predicted octanol–water partition coefficient (Wildman–Crippen LogP) is 0.437. The lowest BCUT2D eigenvalue weighted by Crippen LogP contribution is -2.10. The number of nitrogens with zero attached hydrogens (tertiary/aromatic N) is 1. The summed E-state index contributed by atoms with van der Waals surface area (Å²) in [7, 11) is 0. The summed E-state index contributed by atoms with van der Waals surface area (Å²) in [4.78, 5) is 16.3. The largest absolute Gasteiger partial charge is 0.493 e. The highest BCUT2D eigenvalue weighted by atomic mass is 35.5. The van der Waals surface area contributed by atoms with E-state index >= 15 is 0 Å². The SMILES string of the molecule is Cc1c(O)nc(Cl)[nH]c1=O. The fourth-order valence-electron chi connectivity index (χ4n) is 0.494. The molecule has 1 aromatic rings. The van der Waals surface area contributed by atoms with Crippen LogP contribution in [0.4, 0.5) is 0 Å². The molecule has 0 aliphatic rings. The Hall–Kier alpha value is -1.03. The summed E-state index contributed by atoms with van der Waals surface area (Å²) in [5, 5.41) is 8.76. The molecule has 0 amide bonds. The zero-order valence-electron chi connectivity index (χ0n) is 5.18. The molecule has 5 heteroatoms. The fourth-order valence-corrected chi connectivity index (χ4v) is 0.660. The Balaban J connectivity index is 3.46. The van der Waals surface area contributed by atoms with E-state index in [1.54, 1.807) is 0 Å². The van der Waals surface area contributed by atoms with Gasteiger partial charge in [-0.3, -0.25) is 9.78 Å². The molecule has 0 atom stereocenters. The Kier molecular flexibility index (Phi) is 1.63. The van der Waals surface area contributed by atoms with Crippen LogP contribution in [-0.4, -0.2) is 15.1 Å². The van der Waals surface area contributed by atoms with E-state index < -0.39 is 5.56 Å². The van der Waals surface area contributed by atoms with Crippen molar-refractivity contribution < 1.29 is 5.11 Å². The Morgan fingerprint density at radius 3 is 2.80 bits per heavy atom. The van der Waals surface area contributed by atoms with E-state index in [0.29, 0.717) is 0 Å². The minimum Gasteiger partial charge on any atom is -0.493 e. The van der Waals surface area contributed by atoms with Crippen molar-refractivity contribution in [1.82, 2.24) is 9.97 Å². The van der Waals surface area contributed by atoms with Gasteiger partial charge >= 0.3 is 0 Å². The second-order valence-corrected chi connectivity index (χ2v) is 2.16. The highest BCUT2D eigenvalue weighted by Crippen LogP contribution is 2.07. The maximum Gasteiger partial charge on any atom is 0.258 e. The van der Waals surface area contributed by atoms with Gasteiger partial charge < -0.3 is 5.11 Å². The molecule has 0 saturated carbocycles. The van der Waals surface area contributed by atoms with Crippen LogP contribution in [0.2, 0.25) is 5.28 Å². The minimum absolute atomic E-state index is 0.104. The number of rotatable bonds is 0. The Bertz CT molecular complexity index is 307. The van der Waals surface area contributed by atoms with E-state index in [1.807, 2.05) is 0 Å². The van der Waals surface area contributed by atoms with Crippen LogP contribution in [0.15, 0.2) is 4.79 Å². The van der Waals surface area contributed by atoms with E-state index in [1.165, 1.54) is 6.92 Å². The molecule has 0 aliphatic carbocycles. The average molecular weight is 161 g/mol. The highest BCUT2D eigenvalue weighted by Gasteiger charge is 2.02.